The molecular weight excluding hydrogens is 288 g/mol. The quantitative estimate of drug-likeness (QED) is 0.853. The Morgan fingerprint density at radius 2 is 1.86 bits per heavy atom. The highest BCUT2D eigenvalue weighted by Gasteiger charge is 2.17. The molecule has 0 unspecified atom stereocenters. The average molecular weight is 305 g/mol. The number of hydrogen-bond donors (Lipinski definition) is 0. The molecule has 5 nitrogen and oxygen atoms in total. The standard InChI is InChI=1S/C15H17ClN4O/c1-10-3-4-12(11(2)9-10)13-17-14(16)19-15(18-13)20-5-7-21-8-6-20/h3-4,9H,5-8H2,1-2H3. The first kappa shape index (κ1) is 14.2. The molecule has 0 saturated carbocycles. The number of nitrogens with zero attached hydrogens (tertiary/aromatic N) is 4. The van der Waals surface area contributed by atoms with Crippen molar-refractivity contribution in [3.8, 4) is 11.4 Å². The van der Waals surface area contributed by atoms with Crippen LogP contribution in [0, 0.1) is 13.8 Å². The highest BCUT2D eigenvalue weighted by molar-refractivity contribution is 6.28. The van der Waals surface area contributed by atoms with Gasteiger partial charge in [0.25, 0.3) is 0 Å². The van der Waals surface area contributed by atoms with Gasteiger partial charge >= 0.3 is 0 Å². The van der Waals surface area contributed by atoms with Crippen LogP contribution in [0.2, 0.25) is 5.28 Å². The minimum atomic E-state index is 0.224. The summed E-state index contributed by atoms with van der Waals surface area (Å²) in [6, 6.07) is 6.19. The van der Waals surface area contributed by atoms with E-state index in [2.05, 4.69) is 45.8 Å². The predicted octanol–water partition coefficient (Wildman–Crippen LogP) is 2.65. The molecule has 0 amide bonds. The van der Waals surface area contributed by atoms with Gasteiger partial charge in [0.2, 0.25) is 11.2 Å². The molecular formula is C15H17ClN4O. The van der Waals surface area contributed by atoms with Crippen LogP contribution in [-0.4, -0.2) is 41.3 Å². The number of anilines is 1. The summed E-state index contributed by atoms with van der Waals surface area (Å²) in [6.45, 7) is 7.02. The van der Waals surface area contributed by atoms with E-state index in [1.165, 1.54) is 5.56 Å². The van der Waals surface area contributed by atoms with Gasteiger partial charge < -0.3 is 9.64 Å². The van der Waals surface area contributed by atoms with Crippen LogP contribution in [0.5, 0.6) is 0 Å². The van der Waals surface area contributed by atoms with Gasteiger partial charge in [0.1, 0.15) is 0 Å². The van der Waals surface area contributed by atoms with Crippen LogP contribution >= 0.6 is 11.6 Å². The molecule has 1 aliphatic heterocycles. The van der Waals surface area contributed by atoms with Crippen molar-refractivity contribution >= 4 is 17.5 Å². The first-order chi connectivity index (χ1) is 10.1. The minimum Gasteiger partial charge on any atom is -0.378 e. The number of halogens is 1. The molecule has 0 N–H and O–H groups in total. The Balaban J connectivity index is 2.00. The minimum absolute atomic E-state index is 0.224. The molecule has 3 rings (SSSR count). The number of hydrogen-bond acceptors (Lipinski definition) is 5. The summed E-state index contributed by atoms with van der Waals surface area (Å²) in [7, 11) is 0. The molecule has 0 spiro atoms. The third-order valence-electron chi connectivity index (χ3n) is 3.51. The Morgan fingerprint density at radius 3 is 2.57 bits per heavy atom. The fourth-order valence-corrected chi connectivity index (χ4v) is 2.58. The zero-order valence-electron chi connectivity index (χ0n) is 12.1. The second kappa shape index (κ2) is 5.95. The molecule has 2 heterocycles. The Hall–Kier alpha value is -1.72. The van der Waals surface area contributed by atoms with E-state index in [0.717, 1.165) is 24.2 Å². The van der Waals surface area contributed by atoms with Crippen molar-refractivity contribution in [3.05, 3.63) is 34.6 Å². The van der Waals surface area contributed by atoms with Crippen molar-refractivity contribution in [2.75, 3.05) is 31.2 Å². The number of benzene rings is 1. The Labute approximate surface area is 129 Å². The summed E-state index contributed by atoms with van der Waals surface area (Å²) in [4.78, 5) is 15.2. The molecule has 110 valence electrons. The first-order valence-corrected chi connectivity index (χ1v) is 7.33. The number of aryl methyl sites for hydroxylation is 2. The summed E-state index contributed by atoms with van der Waals surface area (Å²) >= 11 is 6.08. The Bertz CT molecular complexity index is 656. The maximum absolute atomic E-state index is 6.08. The van der Waals surface area contributed by atoms with Crippen molar-refractivity contribution in [2.45, 2.75) is 13.8 Å². The second-order valence-corrected chi connectivity index (χ2v) is 5.48. The Kier molecular flexibility index (Phi) is 4.03. The number of rotatable bonds is 2. The van der Waals surface area contributed by atoms with Gasteiger partial charge in [-0.05, 0) is 31.0 Å². The smallest absolute Gasteiger partial charge is 0.230 e. The van der Waals surface area contributed by atoms with Crippen molar-refractivity contribution in [1.82, 2.24) is 15.0 Å². The zero-order valence-corrected chi connectivity index (χ0v) is 12.9. The van der Waals surface area contributed by atoms with Gasteiger partial charge in [0, 0.05) is 18.7 Å². The summed E-state index contributed by atoms with van der Waals surface area (Å²) < 4.78 is 5.35. The lowest BCUT2D eigenvalue weighted by Crippen LogP contribution is -2.37. The summed E-state index contributed by atoms with van der Waals surface area (Å²) in [6.07, 6.45) is 0. The number of morpholine rings is 1. The van der Waals surface area contributed by atoms with Crippen LogP contribution < -0.4 is 4.90 Å². The third-order valence-corrected chi connectivity index (χ3v) is 3.68. The molecule has 6 heteroatoms. The van der Waals surface area contributed by atoms with Crippen LogP contribution in [0.3, 0.4) is 0 Å². The molecule has 1 fully saturated rings. The molecule has 0 bridgehead atoms. The van der Waals surface area contributed by atoms with Crippen LogP contribution in [0.4, 0.5) is 5.95 Å². The van der Waals surface area contributed by atoms with E-state index in [4.69, 9.17) is 16.3 Å². The SMILES string of the molecule is Cc1ccc(-c2nc(Cl)nc(N3CCOCC3)n2)c(C)c1. The maximum atomic E-state index is 6.08. The summed E-state index contributed by atoms with van der Waals surface area (Å²) in [5.41, 5.74) is 3.33. The van der Waals surface area contributed by atoms with Crippen LogP contribution in [-0.2, 0) is 4.74 Å². The molecule has 1 aromatic heterocycles. The maximum Gasteiger partial charge on any atom is 0.230 e. The van der Waals surface area contributed by atoms with Crippen LogP contribution in [0.15, 0.2) is 18.2 Å². The normalized spacial score (nSPS) is 15.3. The van der Waals surface area contributed by atoms with E-state index >= 15 is 0 Å². The molecule has 0 atom stereocenters. The van der Waals surface area contributed by atoms with Gasteiger partial charge in [0.15, 0.2) is 5.82 Å². The lowest BCUT2D eigenvalue weighted by molar-refractivity contribution is 0.122. The number of aromatic nitrogens is 3. The highest BCUT2D eigenvalue weighted by Crippen LogP contribution is 2.24. The van der Waals surface area contributed by atoms with E-state index in [9.17, 15) is 0 Å². The number of ether oxygens (including phenoxy) is 1. The summed E-state index contributed by atoms with van der Waals surface area (Å²) in [5, 5.41) is 0.224. The van der Waals surface area contributed by atoms with Crippen LogP contribution in [0.1, 0.15) is 11.1 Å². The molecule has 0 aliphatic carbocycles. The van der Waals surface area contributed by atoms with Gasteiger partial charge in [-0.2, -0.15) is 15.0 Å². The van der Waals surface area contributed by atoms with Crippen molar-refractivity contribution < 1.29 is 4.74 Å². The topological polar surface area (TPSA) is 51.1 Å². The van der Waals surface area contributed by atoms with Crippen molar-refractivity contribution in [2.24, 2.45) is 0 Å². The molecule has 1 aliphatic rings. The average Bonchev–Trinajstić information content (AvgIpc) is 2.47. The van der Waals surface area contributed by atoms with Gasteiger partial charge in [-0.15, -0.1) is 0 Å². The van der Waals surface area contributed by atoms with Gasteiger partial charge in [-0.1, -0.05) is 23.8 Å². The van der Waals surface area contributed by atoms with Gasteiger partial charge in [0.05, 0.1) is 13.2 Å². The van der Waals surface area contributed by atoms with Crippen molar-refractivity contribution in [1.29, 1.82) is 0 Å². The van der Waals surface area contributed by atoms with E-state index in [1.807, 2.05) is 6.07 Å². The summed E-state index contributed by atoms with van der Waals surface area (Å²) in [5.74, 6) is 1.24. The first-order valence-electron chi connectivity index (χ1n) is 6.95. The monoisotopic (exact) mass is 304 g/mol. The fourth-order valence-electron chi connectivity index (χ4n) is 2.43. The third kappa shape index (κ3) is 3.14. The molecule has 21 heavy (non-hydrogen) atoms. The predicted molar refractivity (Wildman–Crippen MR) is 82.8 cm³/mol. The lowest BCUT2D eigenvalue weighted by Gasteiger charge is -2.26. The largest absolute Gasteiger partial charge is 0.378 e. The van der Waals surface area contributed by atoms with Gasteiger partial charge in [-0.25, -0.2) is 0 Å². The molecule has 2 aromatic rings. The van der Waals surface area contributed by atoms with E-state index in [0.29, 0.717) is 25.0 Å². The zero-order chi connectivity index (χ0) is 14.8. The Morgan fingerprint density at radius 1 is 1.10 bits per heavy atom. The van der Waals surface area contributed by atoms with Crippen molar-refractivity contribution in [3.63, 3.8) is 0 Å². The van der Waals surface area contributed by atoms with E-state index in [-0.39, 0.29) is 5.28 Å². The fraction of sp³-hybridized carbons (Fsp3) is 0.400. The van der Waals surface area contributed by atoms with Gasteiger partial charge in [-0.3, -0.25) is 0 Å². The molecule has 1 saturated heterocycles. The lowest BCUT2D eigenvalue weighted by atomic mass is 10.1. The van der Waals surface area contributed by atoms with E-state index in [1.54, 1.807) is 0 Å². The second-order valence-electron chi connectivity index (χ2n) is 5.15. The molecule has 1 aromatic carbocycles. The van der Waals surface area contributed by atoms with E-state index < -0.39 is 0 Å². The highest BCUT2D eigenvalue weighted by atomic mass is 35.5. The molecule has 0 radical (unpaired) electrons. The van der Waals surface area contributed by atoms with Crippen LogP contribution in [0.25, 0.3) is 11.4 Å².